The van der Waals surface area contributed by atoms with Crippen molar-refractivity contribution in [1.82, 2.24) is 9.88 Å². The molecule has 1 rings (SSSR count). The molecular weight excluding hydrogens is 248 g/mol. The third-order valence-electron chi connectivity index (χ3n) is 2.80. The Bertz CT molecular complexity index is 476. The number of hydrogen-bond donors (Lipinski definition) is 1. The van der Waals surface area contributed by atoms with Crippen LogP contribution < -0.4 is 5.73 Å². The van der Waals surface area contributed by atoms with Crippen molar-refractivity contribution in [3.63, 3.8) is 0 Å². The monoisotopic (exact) mass is 266 g/mol. The van der Waals surface area contributed by atoms with Crippen molar-refractivity contribution in [2.45, 2.75) is 26.7 Å². The SMILES string of the molecule is CCCCN(CC)C(=O)c1cc([N+](=O)[O-])cnc1N. The van der Waals surface area contributed by atoms with Crippen molar-refractivity contribution in [2.24, 2.45) is 0 Å². The van der Waals surface area contributed by atoms with Gasteiger partial charge >= 0.3 is 0 Å². The van der Waals surface area contributed by atoms with Crippen molar-refractivity contribution >= 4 is 17.4 Å². The Kier molecular flexibility index (Phi) is 5.23. The summed E-state index contributed by atoms with van der Waals surface area (Å²) in [4.78, 5) is 27.7. The van der Waals surface area contributed by atoms with Gasteiger partial charge in [-0.1, -0.05) is 13.3 Å². The summed E-state index contributed by atoms with van der Waals surface area (Å²) in [6.07, 6.45) is 2.89. The quantitative estimate of drug-likeness (QED) is 0.625. The predicted octanol–water partition coefficient (Wildman–Crippen LogP) is 1.83. The predicted molar refractivity (Wildman–Crippen MR) is 71.8 cm³/mol. The molecule has 0 bridgehead atoms. The summed E-state index contributed by atoms with van der Waals surface area (Å²) >= 11 is 0. The van der Waals surface area contributed by atoms with Crippen molar-refractivity contribution in [1.29, 1.82) is 0 Å². The Morgan fingerprint density at radius 3 is 2.74 bits per heavy atom. The summed E-state index contributed by atoms with van der Waals surface area (Å²) in [6.45, 7) is 5.02. The number of rotatable bonds is 6. The Morgan fingerprint density at radius 2 is 2.21 bits per heavy atom. The minimum atomic E-state index is -0.592. The van der Waals surface area contributed by atoms with E-state index in [0.29, 0.717) is 13.1 Å². The van der Waals surface area contributed by atoms with E-state index in [0.717, 1.165) is 19.0 Å². The fourth-order valence-electron chi connectivity index (χ4n) is 1.66. The second-order valence-electron chi connectivity index (χ2n) is 4.12. The maximum atomic E-state index is 12.3. The van der Waals surface area contributed by atoms with E-state index in [4.69, 9.17) is 5.73 Å². The van der Waals surface area contributed by atoms with Crippen LogP contribution in [-0.2, 0) is 0 Å². The number of nitrogens with two attached hydrogens (primary N) is 1. The maximum absolute atomic E-state index is 12.3. The molecule has 0 atom stereocenters. The molecule has 1 aromatic heterocycles. The van der Waals surface area contributed by atoms with E-state index < -0.39 is 4.92 Å². The first-order valence-corrected chi connectivity index (χ1v) is 6.20. The van der Waals surface area contributed by atoms with Crippen LogP contribution in [0.15, 0.2) is 12.3 Å². The fourth-order valence-corrected chi connectivity index (χ4v) is 1.66. The van der Waals surface area contributed by atoms with Gasteiger partial charge in [0.25, 0.3) is 11.6 Å². The number of nitrogen functional groups attached to an aromatic ring is 1. The standard InChI is InChI=1S/C12H18N4O3/c1-3-5-6-15(4-2)12(17)10-7-9(16(18)19)8-14-11(10)13/h7-8H,3-6H2,1-2H3,(H2,13,14). The van der Waals surface area contributed by atoms with Gasteiger partial charge < -0.3 is 10.6 Å². The fraction of sp³-hybridized carbons (Fsp3) is 0.500. The second kappa shape index (κ2) is 6.67. The van der Waals surface area contributed by atoms with Gasteiger partial charge in [0.1, 0.15) is 12.0 Å². The zero-order valence-corrected chi connectivity index (χ0v) is 11.1. The molecule has 0 saturated heterocycles. The number of carbonyl (C=O) groups excluding carboxylic acids is 1. The highest BCUT2D eigenvalue weighted by Gasteiger charge is 2.20. The summed E-state index contributed by atoms with van der Waals surface area (Å²) in [5, 5.41) is 10.7. The lowest BCUT2D eigenvalue weighted by Gasteiger charge is -2.20. The van der Waals surface area contributed by atoms with Crippen molar-refractivity contribution < 1.29 is 9.72 Å². The van der Waals surface area contributed by atoms with Gasteiger partial charge in [-0.05, 0) is 13.3 Å². The molecule has 0 spiro atoms. The third-order valence-corrected chi connectivity index (χ3v) is 2.80. The van der Waals surface area contributed by atoms with E-state index in [1.165, 1.54) is 6.07 Å². The summed E-state index contributed by atoms with van der Waals surface area (Å²) in [6, 6.07) is 1.18. The zero-order valence-electron chi connectivity index (χ0n) is 11.1. The first kappa shape index (κ1) is 14.9. The van der Waals surface area contributed by atoms with Gasteiger partial charge in [0.15, 0.2) is 0 Å². The van der Waals surface area contributed by atoms with Gasteiger partial charge in [0.05, 0.1) is 10.5 Å². The number of pyridine rings is 1. The first-order chi connectivity index (χ1) is 9.01. The van der Waals surface area contributed by atoms with E-state index in [9.17, 15) is 14.9 Å². The van der Waals surface area contributed by atoms with Crippen LogP contribution in [0.2, 0.25) is 0 Å². The van der Waals surface area contributed by atoms with Crippen molar-refractivity contribution in [3.05, 3.63) is 27.9 Å². The molecule has 7 heteroatoms. The minimum absolute atomic E-state index is 0.0190. The zero-order chi connectivity index (χ0) is 14.4. The topological polar surface area (TPSA) is 102 Å². The van der Waals surface area contributed by atoms with E-state index >= 15 is 0 Å². The lowest BCUT2D eigenvalue weighted by atomic mass is 10.2. The largest absolute Gasteiger partial charge is 0.383 e. The van der Waals surface area contributed by atoms with Crippen LogP contribution in [0.4, 0.5) is 11.5 Å². The average molecular weight is 266 g/mol. The van der Waals surface area contributed by atoms with Gasteiger partial charge in [0, 0.05) is 19.2 Å². The van der Waals surface area contributed by atoms with Crippen LogP contribution in [0.5, 0.6) is 0 Å². The van der Waals surface area contributed by atoms with Crippen LogP contribution in [0.25, 0.3) is 0 Å². The molecule has 0 fully saturated rings. The van der Waals surface area contributed by atoms with Crippen LogP contribution in [0.1, 0.15) is 37.0 Å². The summed E-state index contributed by atoms with van der Waals surface area (Å²) < 4.78 is 0. The van der Waals surface area contributed by atoms with Crippen LogP contribution >= 0.6 is 0 Å². The molecule has 0 aliphatic rings. The van der Waals surface area contributed by atoms with Gasteiger partial charge in [-0.2, -0.15) is 0 Å². The molecular formula is C12H18N4O3. The molecule has 7 nitrogen and oxygen atoms in total. The number of aromatic nitrogens is 1. The molecule has 19 heavy (non-hydrogen) atoms. The van der Waals surface area contributed by atoms with Gasteiger partial charge in [0.2, 0.25) is 0 Å². The van der Waals surface area contributed by atoms with Gasteiger partial charge in [-0.3, -0.25) is 14.9 Å². The number of unbranched alkanes of at least 4 members (excludes halogenated alkanes) is 1. The molecule has 0 unspecified atom stereocenters. The van der Waals surface area contributed by atoms with E-state index in [-0.39, 0.29) is 23.0 Å². The van der Waals surface area contributed by atoms with E-state index in [1.807, 2.05) is 13.8 Å². The molecule has 104 valence electrons. The maximum Gasteiger partial charge on any atom is 0.288 e. The normalized spacial score (nSPS) is 10.2. The van der Waals surface area contributed by atoms with E-state index in [2.05, 4.69) is 4.98 Å². The highest BCUT2D eigenvalue weighted by molar-refractivity contribution is 5.98. The van der Waals surface area contributed by atoms with Crippen LogP contribution in [0.3, 0.4) is 0 Å². The summed E-state index contributed by atoms with van der Waals surface area (Å²) in [5.41, 5.74) is 5.49. The molecule has 0 aromatic carbocycles. The Labute approximate surface area is 111 Å². The summed E-state index contributed by atoms with van der Waals surface area (Å²) in [7, 11) is 0. The second-order valence-corrected chi connectivity index (χ2v) is 4.12. The molecule has 0 saturated carbocycles. The minimum Gasteiger partial charge on any atom is -0.383 e. The molecule has 1 aromatic rings. The van der Waals surface area contributed by atoms with Crippen molar-refractivity contribution in [2.75, 3.05) is 18.8 Å². The highest BCUT2D eigenvalue weighted by atomic mass is 16.6. The van der Waals surface area contributed by atoms with Crippen LogP contribution in [0, 0.1) is 10.1 Å². The highest BCUT2D eigenvalue weighted by Crippen LogP contribution is 2.18. The summed E-state index contributed by atoms with van der Waals surface area (Å²) in [5.74, 6) is -0.296. The molecule has 2 N–H and O–H groups in total. The molecule has 1 heterocycles. The molecule has 0 aliphatic carbocycles. The smallest absolute Gasteiger partial charge is 0.288 e. The molecule has 1 amide bonds. The Balaban J connectivity index is 3.02. The third kappa shape index (κ3) is 3.64. The Morgan fingerprint density at radius 1 is 1.53 bits per heavy atom. The molecule has 0 aliphatic heterocycles. The lowest BCUT2D eigenvalue weighted by Crippen LogP contribution is -2.32. The number of carbonyl (C=O) groups is 1. The number of nitrogens with zero attached hydrogens (tertiary/aromatic N) is 3. The van der Waals surface area contributed by atoms with Crippen molar-refractivity contribution in [3.8, 4) is 0 Å². The Hall–Kier alpha value is -2.18. The first-order valence-electron chi connectivity index (χ1n) is 6.20. The number of anilines is 1. The van der Waals surface area contributed by atoms with Gasteiger partial charge in [-0.25, -0.2) is 4.98 Å². The number of amides is 1. The van der Waals surface area contributed by atoms with E-state index in [1.54, 1.807) is 4.90 Å². The molecule has 0 radical (unpaired) electrons. The lowest BCUT2D eigenvalue weighted by molar-refractivity contribution is -0.385. The number of hydrogen-bond acceptors (Lipinski definition) is 5. The van der Waals surface area contributed by atoms with Gasteiger partial charge in [-0.15, -0.1) is 0 Å². The number of nitro groups is 1. The van der Waals surface area contributed by atoms with Crippen LogP contribution in [-0.4, -0.2) is 33.8 Å². The average Bonchev–Trinajstić information content (AvgIpc) is 2.39.